The smallest absolute Gasteiger partial charge is 0.0750 e. The van der Waals surface area contributed by atoms with Gasteiger partial charge in [0, 0.05) is 12.6 Å². The summed E-state index contributed by atoms with van der Waals surface area (Å²) in [6.07, 6.45) is 4.11. The zero-order chi connectivity index (χ0) is 11.0. The van der Waals surface area contributed by atoms with Crippen LogP contribution < -0.4 is 5.32 Å². The van der Waals surface area contributed by atoms with E-state index in [0.717, 1.165) is 6.61 Å². The van der Waals surface area contributed by atoms with Crippen LogP contribution in [0.15, 0.2) is 0 Å². The Bertz CT molecular complexity index is 125. The maximum absolute atomic E-state index is 5.79. The highest BCUT2D eigenvalue weighted by atomic mass is 16.5. The Hall–Kier alpha value is -0.0800. The lowest BCUT2D eigenvalue weighted by atomic mass is 9.95. The van der Waals surface area contributed by atoms with E-state index in [1.165, 1.54) is 19.3 Å². The van der Waals surface area contributed by atoms with Crippen LogP contribution in [0.5, 0.6) is 0 Å². The molecule has 1 N–H and O–H groups in total. The summed E-state index contributed by atoms with van der Waals surface area (Å²) in [6, 6.07) is 0.509. The third-order valence-electron chi connectivity index (χ3n) is 2.65. The summed E-state index contributed by atoms with van der Waals surface area (Å²) in [5.41, 5.74) is 0. The van der Waals surface area contributed by atoms with Crippen molar-refractivity contribution >= 4 is 0 Å². The van der Waals surface area contributed by atoms with Crippen molar-refractivity contribution in [2.24, 2.45) is 5.92 Å². The molecule has 0 amide bonds. The topological polar surface area (TPSA) is 21.3 Å². The molecule has 0 rings (SSSR count). The third-order valence-corrected chi connectivity index (χ3v) is 2.65. The summed E-state index contributed by atoms with van der Waals surface area (Å²) in [4.78, 5) is 0. The molecule has 14 heavy (non-hydrogen) atoms. The standard InChI is InChI=1S/C12H27NO/c1-6-8-9-11(13-5)12(10(3)4)14-7-2/h10-13H,6-9H2,1-5H3. The molecule has 2 atom stereocenters. The first kappa shape index (κ1) is 13.9. The Balaban J connectivity index is 4.11. The van der Waals surface area contributed by atoms with Gasteiger partial charge in [-0.2, -0.15) is 0 Å². The van der Waals surface area contributed by atoms with Crippen LogP contribution in [0.2, 0.25) is 0 Å². The minimum atomic E-state index is 0.358. The van der Waals surface area contributed by atoms with Crippen molar-refractivity contribution in [1.82, 2.24) is 5.32 Å². The van der Waals surface area contributed by atoms with Gasteiger partial charge in [-0.05, 0) is 26.3 Å². The monoisotopic (exact) mass is 201 g/mol. The number of hydrogen-bond acceptors (Lipinski definition) is 2. The first-order valence-corrected chi connectivity index (χ1v) is 5.96. The first-order chi connectivity index (χ1) is 6.67. The molecule has 0 heterocycles. The molecule has 2 nitrogen and oxygen atoms in total. The number of unbranched alkanes of at least 4 members (excludes halogenated alkanes) is 1. The largest absolute Gasteiger partial charge is 0.377 e. The van der Waals surface area contributed by atoms with Crippen LogP contribution in [0.4, 0.5) is 0 Å². The van der Waals surface area contributed by atoms with Crippen LogP contribution in [-0.2, 0) is 4.74 Å². The Morgan fingerprint density at radius 3 is 2.21 bits per heavy atom. The normalized spacial score (nSPS) is 15.9. The number of ether oxygens (including phenoxy) is 1. The van der Waals surface area contributed by atoms with Crippen molar-refractivity contribution in [3.05, 3.63) is 0 Å². The Kier molecular flexibility index (Phi) is 8.20. The molecule has 0 spiro atoms. The van der Waals surface area contributed by atoms with Crippen LogP contribution in [0.1, 0.15) is 47.0 Å². The quantitative estimate of drug-likeness (QED) is 0.652. The summed E-state index contributed by atoms with van der Waals surface area (Å²) in [6.45, 7) is 9.58. The minimum Gasteiger partial charge on any atom is -0.377 e. The maximum atomic E-state index is 5.79. The highest BCUT2D eigenvalue weighted by molar-refractivity contribution is 4.78. The first-order valence-electron chi connectivity index (χ1n) is 5.96. The summed E-state index contributed by atoms with van der Waals surface area (Å²) >= 11 is 0. The lowest BCUT2D eigenvalue weighted by molar-refractivity contribution is 0.00282. The van der Waals surface area contributed by atoms with Gasteiger partial charge in [0.2, 0.25) is 0 Å². The fourth-order valence-corrected chi connectivity index (χ4v) is 1.86. The van der Waals surface area contributed by atoms with E-state index < -0.39 is 0 Å². The molecule has 0 bridgehead atoms. The second-order valence-corrected chi connectivity index (χ2v) is 4.20. The predicted octanol–water partition coefficient (Wildman–Crippen LogP) is 2.83. The van der Waals surface area contributed by atoms with Gasteiger partial charge in [-0.25, -0.2) is 0 Å². The van der Waals surface area contributed by atoms with Crippen LogP contribution in [0.3, 0.4) is 0 Å². The molecule has 0 aliphatic heterocycles. The molecule has 0 fully saturated rings. The number of hydrogen-bond donors (Lipinski definition) is 1. The maximum Gasteiger partial charge on any atom is 0.0750 e. The van der Waals surface area contributed by atoms with Crippen molar-refractivity contribution in [1.29, 1.82) is 0 Å². The predicted molar refractivity (Wildman–Crippen MR) is 62.6 cm³/mol. The van der Waals surface area contributed by atoms with Crippen molar-refractivity contribution in [3.8, 4) is 0 Å². The summed E-state index contributed by atoms with van der Waals surface area (Å²) in [7, 11) is 2.04. The second-order valence-electron chi connectivity index (χ2n) is 4.20. The molecule has 0 aromatic heterocycles. The lowest BCUT2D eigenvalue weighted by Crippen LogP contribution is -2.42. The van der Waals surface area contributed by atoms with Crippen LogP contribution in [0, 0.1) is 5.92 Å². The Morgan fingerprint density at radius 2 is 1.86 bits per heavy atom. The zero-order valence-corrected chi connectivity index (χ0v) is 10.5. The van der Waals surface area contributed by atoms with E-state index in [-0.39, 0.29) is 0 Å². The average Bonchev–Trinajstić information content (AvgIpc) is 2.17. The molecule has 0 aromatic rings. The second kappa shape index (κ2) is 8.25. The van der Waals surface area contributed by atoms with Crippen molar-refractivity contribution in [2.75, 3.05) is 13.7 Å². The van der Waals surface area contributed by atoms with Gasteiger partial charge in [0.05, 0.1) is 6.10 Å². The minimum absolute atomic E-state index is 0.358. The molecule has 2 unspecified atom stereocenters. The molecule has 0 saturated carbocycles. The number of nitrogens with one attached hydrogen (secondary N) is 1. The van der Waals surface area contributed by atoms with Crippen LogP contribution in [-0.4, -0.2) is 25.8 Å². The van der Waals surface area contributed by atoms with Gasteiger partial charge in [-0.3, -0.25) is 0 Å². The molecule has 0 aliphatic rings. The van der Waals surface area contributed by atoms with E-state index in [1.807, 2.05) is 7.05 Å². The van der Waals surface area contributed by atoms with Crippen LogP contribution >= 0.6 is 0 Å². The van der Waals surface area contributed by atoms with Gasteiger partial charge in [0.15, 0.2) is 0 Å². The summed E-state index contributed by atoms with van der Waals surface area (Å²) < 4.78 is 5.79. The van der Waals surface area contributed by atoms with E-state index >= 15 is 0 Å². The van der Waals surface area contributed by atoms with E-state index in [0.29, 0.717) is 18.1 Å². The van der Waals surface area contributed by atoms with E-state index in [4.69, 9.17) is 4.74 Å². The van der Waals surface area contributed by atoms with Gasteiger partial charge >= 0.3 is 0 Å². The molecule has 0 aliphatic carbocycles. The highest BCUT2D eigenvalue weighted by Gasteiger charge is 2.22. The Morgan fingerprint density at radius 1 is 1.21 bits per heavy atom. The third kappa shape index (κ3) is 4.97. The van der Waals surface area contributed by atoms with Crippen LogP contribution in [0.25, 0.3) is 0 Å². The molecule has 0 aromatic carbocycles. The lowest BCUT2D eigenvalue weighted by Gasteiger charge is -2.29. The Labute approximate surface area is 89.4 Å². The van der Waals surface area contributed by atoms with Gasteiger partial charge < -0.3 is 10.1 Å². The van der Waals surface area contributed by atoms with Crippen molar-refractivity contribution in [2.45, 2.75) is 59.1 Å². The number of likely N-dealkylation sites (N-methyl/N-ethyl adjacent to an activating group) is 1. The van der Waals surface area contributed by atoms with Gasteiger partial charge in [0.25, 0.3) is 0 Å². The van der Waals surface area contributed by atoms with Crippen molar-refractivity contribution in [3.63, 3.8) is 0 Å². The SMILES string of the molecule is CCCCC(NC)C(OCC)C(C)C. The van der Waals surface area contributed by atoms with Gasteiger partial charge in [-0.1, -0.05) is 33.6 Å². The zero-order valence-electron chi connectivity index (χ0n) is 10.5. The molecular weight excluding hydrogens is 174 g/mol. The summed E-state index contributed by atoms with van der Waals surface area (Å²) in [5, 5.41) is 3.38. The molecule has 0 radical (unpaired) electrons. The summed E-state index contributed by atoms with van der Waals surface area (Å²) in [5.74, 6) is 0.587. The van der Waals surface area contributed by atoms with E-state index in [1.54, 1.807) is 0 Å². The fraction of sp³-hybridized carbons (Fsp3) is 1.00. The van der Waals surface area contributed by atoms with E-state index in [9.17, 15) is 0 Å². The molecule has 0 saturated heterocycles. The van der Waals surface area contributed by atoms with Crippen molar-refractivity contribution < 1.29 is 4.74 Å². The molecule has 86 valence electrons. The molecular formula is C12H27NO. The highest BCUT2D eigenvalue weighted by Crippen LogP contribution is 2.15. The van der Waals surface area contributed by atoms with Gasteiger partial charge in [-0.15, -0.1) is 0 Å². The van der Waals surface area contributed by atoms with Gasteiger partial charge in [0.1, 0.15) is 0 Å². The number of rotatable bonds is 8. The fourth-order valence-electron chi connectivity index (χ4n) is 1.86. The average molecular weight is 201 g/mol. The molecule has 2 heteroatoms. The van der Waals surface area contributed by atoms with E-state index in [2.05, 4.69) is 33.0 Å².